The predicted octanol–water partition coefficient (Wildman–Crippen LogP) is 8.48. The Morgan fingerprint density at radius 3 is 2.59 bits per heavy atom. The average molecular weight is 622 g/mol. The second kappa shape index (κ2) is 11.0. The van der Waals surface area contributed by atoms with Crippen LogP contribution >= 0.6 is 39.7 Å². The van der Waals surface area contributed by atoms with Crippen LogP contribution in [-0.2, 0) is 0 Å². The molecule has 0 spiro atoms. The van der Waals surface area contributed by atoms with Gasteiger partial charge in [-0.2, -0.15) is 0 Å². The van der Waals surface area contributed by atoms with E-state index in [1.54, 1.807) is 0 Å². The molecular formula is C31H30BrClN4OS. The minimum Gasteiger partial charge on any atom is -0.459 e. The third kappa shape index (κ3) is 5.20. The number of aryl methyl sites for hydroxylation is 1. The van der Waals surface area contributed by atoms with Crippen LogP contribution in [0.4, 0.5) is 11.4 Å². The topological polar surface area (TPSA) is 44.5 Å². The molecule has 2 saturated heterocycles. The monoisotopic (exact) mass is 620 g/mol. The molecular weight excluding hydrogens is 592 g/mol. The summed E-state index contributed by atoms with van der Waals surface area (Å²) in [6.07, 6.45) is 4.18. The summed E-state index contributed by atoms with van der Waals surface area (Å²) in [4.78, 5) is 9.15. The number of anilines is 2. The lowest BCUT2D eigenvalue weighted by Crippen LogP contribution is -2.33. The molecule has 0 bridgehead atoms. The van der Waals surface area contributed by atoms with Gasteiger partial charge in [0.1, 0.15) is 17.6 Å². The lowest BCUT2D eigenvalue weighted by Gasteiger charge is -2.33. The number of hydrogen-bond acceptors (Lipinski definition) is 4. The van der Waals surface area contributed by atoms with E-state index >= 15 is 0 Å². The van der Waals surface area contributed by atoms with Crippen LogP contribution in [-0.4, -0.2) is 23.2 Å². The molecule has 200 valence electrons. The van der Waals surface area contributed by atoms with Gasteiger partial charge in [-0.15, -0.1) is 0 Å². The first-order valence-corrected chi connectivity index (χ1v) is 14.9. The van der Waals surface area contributed by atoms with Crippen LogP contribution in [0.1, 0.15) is 48.9 Å². The second-order valence-corrected chi connectivity index (χ2v) is 12.1. The number of halogens is 2. The first kappa shape index (κ1) is 26.4. The highest BCUT2D eigenvalue weighted by Gasteiger charge is 2.43. The first-order valence-electron chi connectivity index (χ1n) is 13.3. The van der Waals surface area contributed by atoms with Crippen LogP contribution in [0, 0.1) is 12.8 Å². The number of nitrogens with one attached hydrogen (secondary N) is 1. The molecule has 2 fully saturated rings. The van der Waals surface area contributed by atoms with Gasteiger partial charge in [0.15, 0.2) is 5.11 Å². The Labute approximate surface area is 248 Å². The van der Waals surface area contributed by atoms with E-state index in [1.807, 2.05) is 42.6 Å². The third-order valence-electron chi connectivity index (χ3n) is 7.74. The van der Waals surface area contributed by atoms with Crippen molar-refractivity contribution >= 4 is 56.2 Å². The van der Waals surface area contributed by atoms with Crippen molar-refractivity contribution in [1.82, 2.24) is 10.3 Å². The molecule has 2 aromatic heterocycles. The highest BCUT2D eigenvalue weighted by atomic mass is 79.9. The van der Waals surface area contributed by atoms with Crippen molar-refractivity contribution in [3.05, 3.63) is 99.4 Å². The van der Waals surface area contributed by atoms with E-state index in [-0.39, 0.29) is 12.1 Å². The molecule has 2 aliphatic heterocycles. The molecule has 1 N–H and O–H groups in total. The van der Waals surface area contributed by atoms with Crippen molar-refractivity contribution in [2.75, 3.05) is 22.9 Å². The second-order valence-electron chi connectivity index (χ2n) is 10.5. The summed E-state index contributed by atoms with van der Waals surface area (Å²) in [7, 11) is 0. The van der Waals surface area contributed by atoms with E-state index in [0.717, 1.165) is 62.7 Å². The van der Waals surface area contributed by atoms with Crippen molar-refractivity contribution in [3.63, 3.8) is 0 Å². The van der Waals surface area contributed by atoms with Crippen molar-refractivity contribution < 1.29 is 4.42 Å². The molecule has 0 amide bonds. The Morgan fingerprint density at radius 2 is 1.87 bits per heavy atom. The molecule has 0 radical (unpaired) electrons. The van der Waals surface area contributed by atoms with Crippen molar-refractivity contribution in [2.45, 2.75) is 38.8 Å². The van der Waals surface area contributed by atoms with Crippen LogP contribution in [0.2, 0.25) is 5.02 Å². The normalized spacial score (nSPS) is 19.9. The van der Waals surface area contributed by atoms with Gasteiger partial charge in [-0.1, -0.05) is 46.6 Å². The van der Waals surface area contributed by atoms with Gasteiger partial charge in [0.25, 0.3) is 0 Å². The molecule has 2 aromatic carbocycles. The van der Waals surface area contributed by atoms with E-state index < -0.39 is 0 Å². The number of thiocarbonyl (C=S) groups is 1. The summed E-state index contributed by atoms with van der Waals surface area (Å²) in [5.41, 5.74) is 5.08. The smallest absolute Gasteiger partial charge is 0.174 e. The van der Waals surface area contributed by atoms with E-state index in [4.69, 9.17) is 28.2 Å². The van der Waals surface area contributed by atoms with Gasteiger partial charge in [-0.3, -0.25) is 4.98 Å². The maximum absolute atomic E-state index is 6.91. The first-order chi connectivity index (χ1) is 18.9. The third-order valence-corrected chi connectivity index (χ3v) is 9.01. The molecule has 4 aromatic rings. The van der Waals surface area contributed by atoms with Crippen LogP contribution < -0.4 is 15.1 Å². The zero-order chi connectivity index (χ0) is 27.1. The lowest BCUT2D eigenvalue weighted by molar-refractivity contribution is 0.438. The molecule has 39 heavy (non-hydrogen) atoms. The van der Waals surface area contributed by atoms with Crippen LogP contribution in [0.25, 0.3) is 11.3 Å². The van der Waals surface area contributed by atoms with Gasteiger partial charge >= 0.3 is 0 Å². The number of nitrogens with zero attached hydrogens (tertiary/aromatic N) is 3. The molecule has 6 rings (SSSR count). The molecule has 2 aliphatic rings. The van der Waals surface area contributed by atoms with Crippen LogP contribution in [0.3, 0.4) is 0 Å². The summed E-state index contributed by atoms with van der Waals surface area (Å²) in [6, 6.07) is 22.1. The molecule has 0 aliphatic carbocycles. The fourth-order valence-corrected chi connectivity index (χ4v) is 6.88. The van der Waals surface area contributed by atoms with Gasteiger partial charge in [-0.05, 0) is 98.1 Å². The fraction of sp³-hybridized carbons (Fsp3) is 0.290. The number of rotatable bonds is 5. The Bertz CT molecular complexity index is 1500. The summed E-state index contributed by atoms with van der Waals surface area (Å²) >= 11 is 16.5. The summed E-state index contributed by atoms with van der Waals surface area (Å²) in [6.45, 7) is 6.44. The fourth-order valence-electron chi connectivity index (χ4n) is 5.55. The SMILES string of the molecule is Cc1ccc(-c2ccc([C@H]3[C@@H](c4ccccn4)NC(=S)N3c3ccc(N4CCC(C)CC4)c(Cl)c3)o2)c(Br)c1. The van der Waals surface area contributed by atoms with Crippen LogP contribution in [0.15, 0.2) is 81.8 Å². The summed E-state index contributed by atoms with van der Waals surface area (Å²) < 4.78 is 7.54. The molecule has 5 nitrogen and oxygen atoms in total. The van der Waals surface area contributed by atoms with Crippen molar-refractivity contribution in [2.24, 2.45) is 5.92 Å². The zero-order valence-electron chi connectivity index (χ0n) is 21.9. The molecule has 4 heterocycles. The summed E-state index contributed by atoms with van der Waals surface area (Å²) in [5.74, 6) is 2.35. The number of pyridine rings is 1. The Balaban J connectivity index is 1.38. The number of furan rings is 1. The zero-order valence-corrected chi connectivity index (χ0v) is 25.1. The standard InChI is InChI=1S/C31H30BrClN4OS/c1-19-12-15-36(16-13-19)26-9-7-21(18-24(26)33)37-30(29(35-31(37)39)25-5-3-4-14-34-25)28-11-10-27(38-28)22-8-6-20(2)17-23(22)32/h3-11,14,17-19,29-30H,12-13,15-16H2,1-2H3,(H,35,39)/t29-,30+/m1/s1. The number of benzene rings is 2. The Morgan fingerprint density at radius 1 is 1.05 bits per heavy atom. The Kier molecular flexibility index (Phi) is 7.40. The minimum absolute atomic E-state index is 0.193. The largest absolute Gasteiger partial charge is 0.459 e. The van der Waals surface area contributed by atoms with Gasteiger partial charge in [0.05, 0.1) is 22.4 Å². The predicted molar refractivity (Wildman–Crippen MR) is 167 cm³/mol. The number of hydrogen-bond donors (Lipinski definition) is 1. The van der Waals surface area contributed by atoms with E-state index in [9.17, 15) is 0 Å². The van der Waals surface area contributed by atoms with Gasteiger partial charge in [-0.25, -0.2) is 0 Å². The molecule has 0 saturated carbocycles. The maximum atomic E-state index is 6.91. The lowest BCUT2D eigenvalue weighted by atomic mass is 9.98. The number of aromatic nitrogens is 1. The maximum Gasteiger partial charge on any atom is 0.174 e. The van der Waals surface area contributed by atoms with E-state index in [0.29, 0.717) is 5.11 Å². The van der Waals surface area contributed by atoms with E-state index in [2.05, 4.69) is 80.2 Å². The highest BCUT2D eigenvalue weighted by Crippen LogP contribution is 2.45. The van der Waals surface area contributed by atoms with Gasteiger partial charge in [0, 0.05) is 35.0 Å². The Hall–Kier alpha value is -2.87. The average Bonchev–Trinajstić information content (AvgIpc) is 3.54. The van der Waals surface area contributed by atoms with Crippen molar-refractivity contribution in [3.8, 4) is 11.3 Å². The van der Waals surface area contributed by atoms with Gasteiger partial charge < -0.3 is 19.5 Å². The van der Waals surface area contributed by atoms with Crippen LogP contribution in [0.5, 0.6) is 0 Å². The van der Waals surface area contributed by atoms with Crippen molar-refractivity contribution in [1.29, 1.82) is 0 Å². The molecule has 0 unspecified atom stereocenters. The quantitative estimate of drug-likeness (QED) is 0.226. The van der Waals surface area contributed by atoms with E-state index in [1.165, 1.54) is 18.4 Å². The van der Waals surface area contributed by atoms with Gasteiger partial charge in [0.2, 0.25) is 0 Å². The molecule has 8 heteroatoms. The summed E-state index contributed by atoms with van der Waals surface area (Å²) in [5, 5.41) is 4.85. The number of piperidine rings is 1. The highest BCUT2D eigenvalue weighted by molar-refractivity contribution is 9.10. The molecule has 2 atom stereocenters. The minimum atomic E-state index is -0.247.